The lowest BCUT2D eigenvalue weighted by Gasteiger charge is -2.05. The predicted octanol–water partition coefficient (Wildman–Crippen LogP) is 4.77. The van der Waals surface area contributed by atoms with E-state index in [1.54, 1.807) is 23.1 Å². The number of amides is 1. The number of hydrogen-bond donors (Lipinski definition) is 1. The van der Waals surface area contributed by atoms with Crippen molar-refractivity contribution in [2.45, 2.75) is 5.75 Å². The van der Waals surface area contributed by atoms with E-state index in [2.05, 4.69) is 28.9 Å². The van der Waals surface area contributed by atoms with E-state index >= 15 is 0 Å². The monoisotopic (exact) mass is 313 g/mol. The molecule has 0 aliphatic heterocycles. The van der Waals surface area contributed by atoms with E-state index in [0.29, 0.717) is 5.75 Å². The molecule has 0 aliphatic carbocycles. The number of hydrogen-bond acceptors (Lipinski definition) is 3. The zero-order valence-corrected chi connectivity index (χ0v) is 13.0. The van der Waals surface area contributed by atoms with Gasteiger partial charge in [-0.2, -0.15) is 0 Å². The highest BCUT2D eigenvalue weighted by atomic mass is 32.2. The van der Waals surface area contributed by atoms with Crippen LogP contribution in [0.5, 0.6) is 0 Å². The van der Waals surface area contributed by atoms with Crippen LogP contribution in [0.2, 0.25) is 0 Å². The molecule has 3 rings (SSSR count). The molecular formula is C17H15NOS2. The molecule has 0 unspecified atom stereocenters. The summed E-state index contributed by atoms with van der Waals surface area (Å²) in [7, 11) is 0. The minimum Gasteiger partial charge on any atom is -0.325 e. The molecule has 1 amide bonds. The van der Waals surface area contributed by atoms with Crippen molar-refractivity contribution >= 4 is 44.8 Å². The standard InChI is InChI=1S/C17H15NOS2/c19-17(12-20-11-13-4-2-1-3-5-13)18-15-6-7-16-14(10-15)8-9-21-16/h1-10H,11-12H2,(H,18,19). The SMILES string of the molecule is O=C(CSCc1ccccc1)Nc1ccc2sccc2c1. The number of thiophene rings is 1. The molecule has 0 bridgehead atoms. The Morgan fingerprint density at radius 3 is 2.81 bits per heavy atom. The van der Waals surface area contributed by atoms with Crippen molar-refractivity contribution in [3.63, 3.8) is 0 Å². The van der Waals surface area contributed by atoms with Gasteiger partial charge in [0.25, 0.3) is 0 Å². The fraction of sp³-hybridized carbons (Fsp3) is 0.118. The topological polar surface area (TPSA) is 29.1 Å². The Hall–Kier alpha value is -1.78. The second-order valence-corrected chi connectivity index (χ2v) is 6.63. The van der Waals surface area contributed by atoms with Crippen molar-refractivity contribution in [2.75, 3.05) is 11.1 Å². The van der Waals surface area contributed by atoms with E-state index in [1.807, 2.05) is 36.4 Å². The van der Waals surface area contributed by atoms with E-state index in [4.69, 9.17) is 0 Å². The number of carbonyl (C=O) groups is 1. The summed E-state index contributed by atoms with van der Waals surface area (Å²) >= 11 is 3.34. The average Bonchev–Trinajstić information content (AvgIpc) is 2.96. The molecule has 0 fully saturated rings. The second kappa shape index (κ2) is 6.78. The highest BCUT2D eigenvalue weighted by Crippen LogP contribution is 2.24. The fourth-order valence-electron chi connectivity index (χ4n) is 2.08. The van der Waals surface area contributed by atoms with Crippen LogP contribution in [0, 0.1) is 0 Å². The molecule has 1 heterocycles. The van der Waals surface area contributed by atoms with Crippen LogP contribution in [-0.4, -0.2) is 11.7 Å². The molecule has 0 aliphatic rings. The Bertz CT molecular complexity index is 737. The molecule has 0 spiro atoms. The van der Waals surface area contributed by atoms with Gasteiger partial charge in [-0.05, 0) is 40.6 Å². The third-order valence-electron chi connectivity index (χ3n) is 3.08. The van der Waals surface area contributed by atoms with Gasteiger partial charge >= 0.3 is 0 Å². The zero-order valence-electron chi connectivity index (χ0n) is 11.4. The lowest BCUT2D eigenvalue weighted by atomic mass is 10.2. The summed E-state index contributed by atoms with van der Waals surface area (Å²) in [6, 6.07) is 18.3. The molecule has 2 nitrogen and oxygen atoms in total. The molecule has 1 N–H and O–H groups in total. The van der Waals surface area contributed by atoms with Crippen LogP contribution in [0.3, 0.4) is 0 Å². The largest absolute Gasteiger partial charge is 0.325 e. The maximum Gasteiger partial charge on any atom is 0.234 e. The van der Waals surface area contributed by atoms with Crippen LogP contribution in [0.25, 0.3) is 10.1 Å². The van der Waals surface area contributed by atoms with Gasteiger partial charge in [0, 0.05) is 16.1 Å². The number of thioether (sulfide) groups is 1. The Kier molecular flexibility index (Phi) is 4.58. The Balaban J connectivity index is 1.51. The van der Waals surface area contributed by atoms with Gasteiger partial charge < -0.3 is 5.32 Å². The van der Waals surface area contributed by atoms with Crippen LogP contribution in [0.15, 0.2) is 60.0 Å². The van der Waals surface area contributed by atoms with Gasteiger partial charge in [0.15, 0.2) is 0 Å². The summed E-state index contributed by atoms with van der Waals surface area (Å²) in [4.78, 5) is 11.9. The number of fused-ring (bicyclic) bond motifs is 1. The zero-order chi connectivity index (χ0) is 14.5. The summed E-state index contributed by atoms with van der Waals surface area (Å²) in [6.07, 6.45) is 0. The van der Waals surface area contributed by atoms with Crippen molar-refractivity contribution in [2.24, 2.45) is 0 Å². The van der Waals surface area contributed by atoms with E-state index in [0.717, 1.165) is 11.4 Å². The first-order chi connectivity index (χ1) is 10.3. The third kappa shape index (κ3) is 3.86. The molecule has 2 aromatic carbocycles. The van der Waals surface area contributed by atoms with E-state index < -0.39 is 0 Å². The minimum absolute atomic E-state index is 0.0468. The molecule has 0 atom stereocenters. The number of carbonyl (C=O) groups excluding carboxylic acids is 1. The Labute approximate surface area is 132 Å². The average molecular weight is 313 g/mol. The molecule has 106 valence electrons. The summed E-state index contributed by atoms with van der Waals surface area (Å²) in [5.41, 5.74) is 2.11. The van der Waals surface area contributed by atoms with Gasteiger partial charge in [-0.3, -0.25) is 4.79 Å². The number of anilines is 1. The van der Waals surface area contributed by atoms with Crippen molar-refractivity contribution in [1.82, 2.24) is 0 Å². The highest BCUT2D eigenvalue weighted by molar-refractivity contribution is 7.99. The number of rotatable bonds is 5. The van der Waals surface area contributed by atoms with Crippen LogP contribution in [0.1, 0.15) is 5.56 Å². The first kappa shape index (κ1) is 14.2. The maximum absolute atomic E-state index is 11.9. The summed E-state index contributed by atoms with van der Waals surface area (Å²) in [5, 5.41) is 6.19. The van der Waals surface area contributed by atoms with Gasteiger partial charge in [-0.15, -0.1) is 23.1 Å². The quantitative estimate of drug-likeness (QED) is 0.735. The van der Waals surface area contributed by atoms with Gasteiger partial charge in [-0.1, -0.05) is 30.3 Å². The molecule has 0 saturated carbocycles. The molecule has 1 aromatic heterocycles. The highest BCUT2D eigenvalue weighted by Gasteiger charge is 2.04. The lowest BCUT2D eigenvalue weighted by Crippen LogP contribution is -2.14. The van der Waals surface area contributed by atoms with E-state index in [-0.39, 0.29) is 5.91 Å². The van der Waals surface area contributed by atoms with Crippen LogP contribution in [0.4, 0.5) is 5.69 Å². The summed E-state index contributed by atoms with van der Waals surface area (Å²) in [5.74, 6) is 1.37. The van der Waals surface area contributed by atoms with Crippen molar-refractivity contribution in [3.8, 4) is 0 Å². The summed E-state index contributed by atoms with van der Waals surface area (Å²) < 4.78 is 1.24. The Morgan fingerprint density at radius 1 is 1.10 bits per heavy atom. The predicted molar refractivity (Wildman–Crippen MR) is 93.1 cm³/mol. The minimum atomic E-state index is 0.0468. The van der Waals surface area contributed by atoms with Crippen LogP contribution in [-0.2, 0) is 10.5 Å². The fourth-order valence-corrected chi connectivity index (χ4v) is 3.64. The molecular weight excluding hydrogens is 298 g/mol. The third-order valence-corrected chi connectivity index (χ3v) is 4.98. The lowest BCUT2D eigenvalue weighted by molar-refractivity contribution is -0.113. The molecule has 0 saturated heterocycles. The second-order valence-electron chi connectivity index (χ2n) is 4.70. The maximum atomic E-state index is 11.9. The first-order valence-corrected chi connectivity index (χ1v) is 8.73. The molecule has 21 heavy (non-hydrogen) atoms. The number of nitrogens with one attached hydrogen (secondary N) is 1. The van der Waals surface area contributed by atoms with E-state index in [1.165, 1.54) is 15.6 Å². The molecule has 0 radical (unpaired) electrons. The van der Waals surface area contributed by atoms with Gasteiger partial charge in [-0.25, -0.2) is 0 Å². The smallest absolute Gasteiger partial charge is 0.234 e. The van der Waals surface area contributed by atoms with Crippen molar-refractivity contribution in [1.29, 1.82) is 0 Å². The van der Waals surface area contributed by atoms with Gasteiger partial charge in [0.1, 0.15) is 0 Å². The van der Waals surface area contributed by atoms with Gasteiger partial charge in [0.05, 0.1) is 5.75 Å². The Morgan fingerprint density at radius 2 is 1.95 bits per heavy atom. The van der Waals surface area contributed by atoms with Gasteiger partial charge in [0.2, 0.25) is 5.91 Å². The number of benzene rings is 2. The normalized spacial score (nSPS) is 10.7. The van der Waals surface area contributed by atoms with Crippen LogP contribution >= 0.6 is 23.1 Å². The van der Waals surface area contributed by atoms with Crippen molar-refractivity contribution < 1.29 is 4.79 Å². The summed E-state index contributed by atoms with van der Waals surface area (Å²) in [6.45, 7) is 0. The van der Waals surface area contributed by atoms with Crippen LogP contribution < -0.4 is 5.32 Å². The molecule has 3 aromatic rings. The van der Waals surface area contributed by atoms with Crippen molar-refractivity contribution in [3.05, 3.63) is 65.5 Å². The van der Waals surface area contributed by atoms with E-state index in [9.17, 15) is 4.79 Å². The first-order valence-electron chi connectivity index (χ1n) is 6.70. The molecule has 4 heteroatoms.